The molecule has 1 aliphatic rings. The van der Waals surface area contributed by atoms with Gasteiger partial charge in [-0.1, -0.05) is 34.1 Å². The highest BCUT2D eigenvalue weighted by Crippen LogP contribution is 2.28. The maximum Gasteiger partial charge on any atom is 0.00444 e. The average Bonchev–Trinajstić information content (AvgIpc) is 2.23. The largest absolute Gasteiger partial charge is 0.316 e. The van der Waals surface area contributed by atoms with E-state index in [0.717, 1.165) is 24.9 Å². The van der Waals surface area contributed by atoms with Gasteiger partial charge in [0.1, 0.15) is 0 Å². The van der Waals surface area contributed by atoms with E-state index in [9.17, 15) is 0 Å². The molecule has 0 saturated heterocycles. The fourth-order valence-corrected chi connectivity index (χ4v) is 2.79. The lowest BCUT2D eigenvalue weighted by Gasteiger charge is -2.37. The van der Waals surface area contributed by atoms with Gasteiger partial charge in [0.25, 0.3) is 0 Å². The normalized spacial score (nSPS) is 20.2. The van der Waals surface area contributed by atoms with Crippen molar-refractivity contribution in [2.45, 2.75) is 53.4 Å². The zero-order chi connectivity index (χ0) is 13.6. The lowest BCUT2D eigenvalue weighted by atomic mass is 9.83. The number of hydrogen-bond donors (Lipinski definition) is 1. The Labute approximate surface area is 115 Å². The fraction of sp³-hybridized carbons (Fsp3) is 1.00. The Balaban J connectivity index is 2.27. The zero-order valence-corrected chi connectivity index (χ0v) is 13.3. The van der Waals surface area contributed by atoms with Crippen LogP contribution in [0.5, 0.6) is 0 Å². The van der Waals surface area contributed by atoms with E-state index in [-0.39, 0.29) is 0 Å². The van der Waals surface area contributed by atoms with Crippen molar-refractivity contribution >= 4 is 0 Å². The van der Waals surface area contributed by atoms with Crippen molar-refractivity contribution < 1.29 is 0 Å². The second-order valence-corrected chi connectivity index (χ2v) is 7.18. The summed E-state index contributed by atoms with van der Waals surface area (Å²) in [5, 5.41) is 3.64. The molecule has 1 saturated carbocycles. The molecule has 0 bridgehead atoms. The predicted octanol–water partition coefficient (Wildman–Crippen LogP) is 3.38. The van der Waals surface area contributed by atoms with Gasteiger partial charge in [0.15, 0.2) is 0 Å². The molecule has 0 spiro atoms. The highest BCUT2D eigenvalue weighted by molar-refractivity contribution is 4.81. The smallest absolute Gasteiger partial charge is 0.00444 e. The Bertz CT molecular complexity index is 223. The van der Waals surface area contributed by atoms with Gasteiger partial charge in [-0.3, -0.25) is 0 Å². The summed E-state index contributed by atoms with van der Waals surface area (Å²) in [6, 6.07) is 0. The van der Waals surface area contributed by atoms with E-state index in [1.54, 1.807) is 0 Å². The highest BCUT2D eigenvalue weighted by Gasteiger charge is 2.26. The Morgan fingerprint density at radius 3 is 2.44 bits per heavy atom. The summed E-state index contributed by atoms with van der Waals surface area (Å²) in [4.78, 5) is 2.56. The third-order valence-electron chi connectivity index (χ3n) is 4.40. The zero-order valence-electron chi connectivity index (χ0n) is 13.3. The molecule has 1 aliphatic carbocycles. The molecule has 0 aliphatic heterocycles. The van der Waals surface area contributed by atoms with Gasteiger partial charge in [0.2, 0.25) is 0 Å². The molecule has 1 rings (SSSR count). The average molecular weight is 254 g/mol. The SMILES string of the molecule is CCC(C)(CNCC(C)C)CN(C)CC1CCC1. The van der Waals surface area contributed by atoms with Crippen molar-refractivity contribution in [2.24, 2.45) is 17.3 Å². The summed E-state index contributed by atoms with van der Waals surface area (Å²) in [7, 11) is 2.30. The van der Waals surface area contributed by atoms with Crippen LogP contribution in [0.1, 0.15) is 53.4 Å². The molecule has 0 heterocycles. The van der Waals surface area contributed by atoms with E-state index in [0.29, 0.717) is 5.41 Å². The van der Waals surface area contributed by atoms with Crippen LogP contribution in [-0.4, -0.2) is 38.1 Å². The van der Waals surface area contributed by atoms with E-state index in [2.05, 4.69) is 45.0 Å². The second-order valence-electron chi connectivity index (χ2n) is 7.18. The minimum absolute atomic E-state index is 0.424. The number of nitrogens with zero attached hydrogens (tertiary/aromatic N) is 1. The Hall–Kier alpha value is -0.0800. The summed E-state index contributed by atoms with van der Waals surface area (Å²) in [6.45, 7) is 14.1. The monoisotopic (exact) mass is 254 g/mol. The van der Waals surface area contributed by atoms with E-state index < -0.39 is 0 Å². The minimum atomic E-state index is 0.424. The van der Waals surface area contributed by atoms with E-state index in [1.165, 1.54) is 38.8 Å². The fourth-order valence-electron chi connectivity index (χ4n) is 2.79. The minimum Gasteiger partial charge on any atom is -0.316 e. The molecule has 1 atom stereocenters. The quantitative estimate of drug-likeness (QED) is 0.678. The molecule has 0 aromatic heterocycles. The van der Waals surface area contributed by atoms with E-state index >= 15 is 0 Å². The third-order valence-corrected chi connectivity index (χ3v) is 4.40. The lowest BCUT2D eigenvalue weighted by Crippen LogP contribution is -2.43. The molecule has 18 heavy (non-hydrogen) atoms. The number of rotatable bonds is 9. The summed E-state index contributed by atoms with van der Waals surface area (Å²) < 4.78 is 0. The Kier molecular flexibility index (Phi) is 6.65. The Morgan fingerprint density at radius 2 is 2.00 bits per heavy atom. The van der Waals surface area contributed by atoms with Crippen LogP contribution in [0.25, 0.3) is 0 Å². The standard InChI is InChI=1S/C16H34N2/c1-6-16(4,12-17-10-14(2)3)13-18(5)11-15-8-7-9-15/h14-15,17H,6-13H2,1-5H3. The summed E-state index contributed by atoms with van der Waals surface area (Å²) in [5.74, 6) is 1.73. The Morgan fingerprint density at radius 1 is 1.33 bits per heavy atom. The van der Waals surface area contributed by atoms with Crippen LogP contribution in [0.15, 0.2) is 0 Å². The molecular weight excluding hydrogens is 220 g/mol. The lowest BCUT2D eigenvalue weighted by molar-refractivity contribution is 0.138. The van der Waals surface area contributed by atoms with E-state index in [4.69, 9.17) is 0 Å². The first-order valence-electron chi connectivity index (χ1n) is 7.84. The third kappa shape index (κ3) is 5.71. The molecule has 0 aromatic carbocycles. The summed E-state index contributed by atoms with van der Waals surface area (Å²) in [6.07, 6.45) is 5.63. The van der Waals surface area contributed by atoms with Gasteiger partial charge in [-0.15, -0.1) is 0 Å². The van der Waals surface area contributed by atoms with Gasteiger partial charge >= 0.3 is 0 Å². The number of hydrogen-bond acceptors (Lipinski definition) is 2. The summed E-state index contributed by atoms with van der Waals surface area (Å²) >= 11 is 0. The molecule has 1 unspecified atom stereocenters. The number of nitrogens with one attached hydrogen (secondary N) is 1. The molecule has 0 radical (unpaired) electrons. The first kappa shape index (κ1) is 16.0. The maximum absolute atomic E-state index is 3.64. The van der Waals surface area contributed by atoms with Crippen LogP contribution in [0.4, 0.5) is 0 Å². The first-order chi connectivity index (χ1) is 8.45. The molecule has 2 nitrogen and oxygen atoms in total. The van der Waals surface area contributed by atoms with Gasteiger partial charge < -0.3 is 10.2 Å². The topological polar surface area (TPSA) is 15.3 Å². The van der Waals surface area contributed by atoms with Crippen molar-refractivity contribution in [2.75, 3.05) is 33.2 Å². The van der Waals surface area contributed by atoms with Crippen LogP contribution >= 0.6 is 0 Å². The highest BCUT2D eigenvalue weighted by atomic mass is 15.1. The van der Waals surface area contributed by atoms with Gasteiger partial charge in [-0.05, 0) is 50.1 Å². The van der Waals surface area contributed by atoms with Crippen molar-refractivity contribution in [3.63, 3.8) is 0 Å². The second kappa shape index (κ2) is 7.49. The van der Waals surface area contributed by atoms with Gasteiger partial charge in [0, 0.05) is 19.6 Å². The van der Waals surface area contributed by atoms with Crippen LogP contribution in [-0.2, 0) is 0 Å². The first-order valence-corrected chi connectivity index (χ1v) is 7.84. The van der Waals surface area contributed by atoms with E-state index in [1.807, 2.05) is 0 Å². The van der Waals surface area contributed by atoms with Crippen LogP contribution in [0.3, 0.4) is 0 Å². The van der Waals surface area contributed by atoms with Gasteiger partial charge in [-0.2, -0.15) is 0 Å². The molecule has 0 amide bonds. The van der Waals surface area contributed by atoms with Crippen LogP contribution in [0.2, 0.25) is 0 Å². The van der Waals surface area contributed by atoms with Crippen LogP contribution in [0, 0.1) is 17.3 Å². The molecule has 0 aromatic rings. The van der Waals surface area contributed by atoms with Crippen LogP contribution < -0.4 is 5.32 Å². The summed E-state index contributed by atoms with van der Waals surface area (Å²) in [5.41, 5.74) is 0.424. The van der Waals surface area contributed by atoms with Crippen molar-refractivity contribution in [3.05, 3.63) is 0 Å². The van der Waals surface area contributed by atoms with Crippen molar-refractivity contribution in [1.82, 2.24) is 10.2 Å². The van der Waals surface area contributed by atoms with Gasteiger partial charge in [0.05, 0.1) is 0 Å². The van der Waals surface area contributed by atoms with Crippen molar-refractivity contribution in [3.8, 4) is 0 Å². The maximum atomic E-state index is 3.64. The molecule has 1 N–H and O–H groups in total. The molecular formula is C16H34N2. The molecule has 1 fully saturated rings. The predicted molar refractivity (Wildman–Crippen MR) is 80.9 cm³/mol. The molecule has 108 valence electrons. The van der Waals surface area contributed by atoms with Gasteiger partial charge in [-0.25, -0.2) is 0 Å². The van der Waals surface area contributed by atoms with Crippen molar-refractivity contribution in [1.29, 1.82) is 0 Å². The molecule has 2 heteroatoms.